The third kappa shape index (κ3) is 3.96. The van der Waals surface area contributed by atoms with Crippen LogP contribution >= 0.6 is 27.5 Å². The van der Waals surface area contributed by atoms with Crippen LogP contribution in [0.3, 0.4) is 0 Å². The largest absolute Gasteiger partial charge is 0.496 e. The maximum Gasteiger partial charge on any atom is 0.318 e. The van der Waals surface area contributed by atoms with Gasteiger partial charge in [-0.2, -0.15) is 0 Å². The SMILES string of the molecule is CC[C@H](C)NC(=O)N1Cc2nc(N)nc(-c3cc(OC)c(Br)cc3Cl)c2C1. The molecule has 0 aliphatic carbocycles. The zero-order valence-electron chi connectivity index (χ0n) is 15.3. The fraction of sp³-hybridized carbons (Fsp3) is 0.389. The molecule has 9 heteroatoms. The number of nitrogens with zero attached hydrogens (tertiary/aromatic N) is 3. The van der Waals surface area contributed by atoms with Crippen molar-refractivity contribution >= 4 is 39.5 Å². The van der Waals surface area contributed by atoms with Crippen LogP contribution in [-0.2, 0) is 13.1 Å². The average Bonchev–Trinajstić information content (AvgIpc) is 3.05. The highest BCUT2D eigenvalue weighted by Crippen LogP contribution is 2.39. The van der Waals surface area contributed by atoms with Crippen LogP contribution in [0, 0.1) is 0 Å². The highest BCUT2D eigenvalue weighted by molar-refractivity contribution is 9.10. The quantitative estimate of drug-likeness (QED) is 0.729. The maximum atomic E-state index is 12.5. The number of halogens is 2. The smallest absolute Gasteiger partial charge is 0.318 e. The van der Waals surface area contributed by atoms with Gasteiger partial charge in [-0.05, 0) is 41.4 Å². The molecule has 1 aliphatic rings. The molecule has 144 valence electrons. The number of anilines is 1. The zero-order valence-corrected chi connectivity index (χ0v) is 17.7. The molecule has 1 atom stereocenters. The van der Waals surface area contributed by atoms with Gasteiger partial charge in [0.1, 0.15) is 5.75 Å². The maximum absolute atomic E-state index is 12.5. The first kappa shape index (κ1) is 19.7. The molecule has 3 N–H and O–H groups in total. The molecule has 2 aromatic rings. The summed E-state index contributed by atoms with van der Waals surface area (Å²) in [5, 5.41) is 3.48. The van der Waals surface area contributed by atoms with E-state index in [1.165, 1.54) is 0 Å². The van der Waals surface area contributed by atoms with Gasteiger partial charge in [-0.15, -0.1) is 0 Å². The predicted molar refractivity (Wildman–Crippen MR) is 109 cm³/mol. The van der Waals surface area contributed by atoms with Gasteiger partial charge >= 0.3 is 6.03 Å². The molecule has 0 saturated heterocycles. The lowest BCUT2D eigenvalue weighted by Gasteiger charge is -2.19. The highest BCUT2D eigenvalue weighted by Gasteiger charge is 2.30. The van der Waals surface area contributed by atoms with Crippen molar-refractivity contribution in [2.24, 2.45) is 0 Å². The van der Waals surface area contributed by atoms with E-state index in [4.69, 9.17) is 22.1 Å². The zero-order chi connectivity index (χ0) is 19.7. The molecule has 1 aromatic carbocycles. The molecule has 0 unspecified atom stereocenters. The number of amides is 2. The molecule has 27 heavy (non-hydrogen) atoms. The summed E-state index contributed by atoms with van der Waals surface area (Å²) in [4.78, 5) is 22.9. The summed E-state index contributed by atoms with van der Waals surface area (Å²) in [6.07, 6.45) is 0.860. The van der Waals surface area contributed by atoms with Crippen molar-refractivity contribution < 1.29 is 9.53 Å². The number of fused-ring (bicyclic) bond motifs is 1. The molecular weight excluding hydrogens is 434 g/mol. The molecule has 3 rings (SSSR count). The second-order valence-corrected chi connectivity index (χ2v) is 7.70. The highest BCUT2D eigenvalue weighted by atomic mass is 79.9. The minimum Gasteiger partial charge on any atom is -0.496 e. The summed E-state index contributed by atoms with van der Waals surface area (Å²) in [5.74, 6) is 0.774. The van der Waals surface area contributed by atoms with Gasteiger partial charge in [0.05, 0.1) is 41.1 Å². The minimum atomic E-state index is -0.133. The third-order valence-electron chi connectivity index (χ3n) is 4.57. The van der Waals surface area contributed by atoms with Gasteiger partial charge in [-0.3, -0.25) is 0 Å². The van der Waals surface area contributed by atoms with Crippen molar-refractivity contribution in [1.29, 1.82) is 0 Å². The first-order chi connectivity index (χ1) is 12.8. The molecule has 0 spiro atoms. The predicted octanol–water partition coefficient (Wildman–Crippen LogP) is 3.97. The van der Waals surface area contributed by atoms with Crippen molar-refractivity contribution in [1.82, 2.24) is 20.2 Å². The first-order valence-electron chi connectivity index (χ1n) is 8.58. The summed E-state index contributed by atoms with van der Waals surface area (Å²) in [6, 6.07) is 3.52. The van der Waals surface area contributed by atoms with Crippen molar-refractivity contribution in [2.75, 3.05) is 12.8 Å². The lowest BCUT2D eigenvalue weighted by Crippen LogP contribution is -2.41. The molecule has 7 nitrogen and oxygen atoms in total. The van der Waals surface area contributed by atoms with Gasteiger partial charge in [0.2, 0.25) is 5.95 Å². The van der Waals surface area contributed by atoms with E-state index in [2.05, 4.69) is 31.2 Å². The van der Waals surface area contributed by atoms with E-state index in [1.54, 1.807) is 24.1 Å². The van der Waals surface area contributed by atoms with Crippen LogP contribution in [0.15, 0.2) is 16.6 Å². The number of nitrogen functional groups attached to an aromatic ring is 1. The number of nitrogens with one attached hydrogen (secondary N) is 1. The van der Waals surface area contributed by atoms with E-state index in [0.717, 1.165) is 22.2 Å². The molecule has 1 aromatic heterocycles. The third-order valence-corrected chi connectivity index (χ3v) is 5.50. The van der Waals surface area contributed by atoms with Crippen molar-refractivity contribution in [3.05, 3.63) is 32.9 Å². The Bertz CT molecular complexity index is 893. The number of benzene rings is 1. The molecule has 0 bridgehead atoms. The number of ether oxygens (including phenoxy) is 1. The Labute approximate surface area is 171 Å². The molecule has 0 saturated carbocycles. The van der Waals surface area contributed by atoms with Crippen LogP contribution in [0.5, 0.6) is 5.75 Å². The van der Waals surface area contributed by atoms with E-state index in [9.17, 15) is 4.79 Å². The number of carbonyl (C=O) groups is 1. The van der Waals surface area contributed by atoms with Crippen molar-refractivity contribution in [3.8, 4) is 17.0 Å². The molecule has 2 amide bonds. The van der Waals surface area contributed by atoms with Crippen LogP contribution in [0.25, 0.3) is 11.3 Å². The van der Waals surface area contributed by atoms with E-state index >= 15 is 0 Å². The fourth-order valence-corrected chi connectivity index (χ4v) is 3.80. The molecule has 2 heterocycles. The first-order valence-corrected chi connectivity index (χ1v) is 9.75. The number of hydrogen-bond acceptors (Lipinski definition) is 5. The van der Waals surface area contributed by atoms with Crippen molar-refractivity contribution in [2.45, 2.75) is 39.4 Å². The van der Waals surface area contributed by atoms with Gasteiger partial charge in [0, 0.05) is 17.2 Å². The lowest BCUT2D eigenvalue weighted by atomic mass is 10.1. The Kier molecular flexibility index (Phi) is 5.76. The number of nitrogens with two attached hydrogens (primary N) is 1. The fourth-order valence-electron chi connectivity index (χ4n) is 2.91. The lowest BCUT2D eigenvalue weighted by molar-refractivity contribution is 0.194. The number of urea groups is 1. The average molecular weight is 455 g/mol. The molecule has 0 fully saturated rings. The summed E-state index contributed by atoms with van der Waals surface area (Å²) in [6.45, 7) is 4.76. The molecular formula is C18H21BrClN5O2. The van der Waals surface area contributed by atoms with Gasteiger partial charge in [0.15, 0.2) is 0 Å². The minimum absolute atomic E-state index is 0.0991. The second-order valence-electron chi connectivity index (χ2n) is 6.44. The van der Waals surface area contributed by atoms with E-state index in [-0.39, 0.29) is 18.0 Å². The summed E-state index contributed by atoms with van der Waals surface area (Å²) in [5.41, 5.74) is 8.80. The summed E-state index contributed by atoms with van der Waals surface area (Å²) < 4.78 is 6.12. The van der Waals surface area contributed by atoms with Gasteiger partial charge in [-0.25, -0.2) is 14.8 Å². The Morgan fingerprint density at radius 1 is 1.44 bits per heavy atom. The number of aromatic nitrogens is 2. The van der Waals surface area contributed by atoms with Gasteiger partial charge in [-0.1, -0.05) is 18.5 Å². The van der Waals surface area contributed by atoms with E-state index in [0.29, 0.717) is 35.1 Å². The topological polar surface area (TPSA) is 93.4 Å². The Morgan fingerprint density at radius 2 is 2.19 bits per heavy atom. The van der Waals surface area contributed by atoms with Crippen molar-refractivity contribution in [3.63, 3.8) is 0 Å². The Balaban J connectivity index is 2.00. The Hall–Kier alpha value is -2.06. The van der Waals surface area contributed by atoms with Crippen LogP contribution in [0.4, 0.5) is 10.7 Å². The van der Waals surface area contributed by atoms with Crippen LogP contribution in [0.1, 0.15) is 31.5 Å². The van der Waals surface area contributed by atoms with Gasteiger partial charge in [0.25, 0.3) is 0 Å². The van der Waals surface area contributed by atoms with E-state index < -0.39 is 0 Å². The second kappa shape index (κ2) is 7.90. The van der Waals surface area contributed by atoms with Crippen LogP contribution in [0.2, 0.25) is 5.02 Å². The normalized spacial score (nSPS) is 14.0. The number of hydrogen-bond donors (Lipinski definition) is 2. The van der Waals surface area contributed by atoms with Crippen LogP contribution < -0.4 is 15.8 Å². The molecule has 0 radical (unpaired) electrons. The summed E-state index contributed by atoms with van der Waals surface area (Å²) >= 11 is 9.87. The number of carbonyl (C=O) groups excluding carboxylic acids is 1. The van der Waals surface area contributed by atoms with Crippen LogP contribution in [-0.4, -0.2) is 34.1 Å². The van der Waals surface area contributed by atoms with E-state index in [1.807, 2.05) is 13.8 Å². The monoisotopic (exact) mass is 453 g/mol. The van der Waals surface area contributed by atoms with Gasteiger partial charge < -0.3 is 20.7 Å². The molecule has 1 aliphatic heterocycles. The number of methoxy groups -OCH3 is 1. The summed E-state index contributed by atoms with van der Waals surface area (Å²) in [7, 11) is 1.58. The number of rotatable bonds is 4. The standard InChI is InChI=1S/C18H21BrClN5O2/c1-4-9(2)22-18(26)25-7-11-14(8-25)23-17(21)24-16(11)10-5-15(27-3)12(19)6-13(10)20/h5-6,9H,4,7-8H2,1-3H3,(H,22,26)(H2,21,23,24)/t9-/m0/s1. The Morgan fingerprint density at radius 3 is 2.85 bits per heavy atom.